The molecule has 2 fully saturated rings. The molecule has 6 heteroatoms. The van der Waals surface area contributed by atoms with Crippen LogP contribution in [0.2, 0.25) is 0 Å². The topological polar surface area (TPSA) is 63.0 Å². The van der Waals surface area contributed by atoms with Crippen molar-refractivity contribution in [3.63, 3.8) is 0 Å². The van der Waals surface area contributed by atoms with Gasteiger partial charge in [0.25, 0.3) is 0 Å². The Hall–Kier alpha value is -1.82. The number of rotatable bonds is 4. The van der Waals surface area contributed by atoms with E-state index in [2.05, 4.69) is 0 Å². The van der Waals surface area contributed by atoms with Crippen molar-refractivity contribution in [1.82, 2.24) is 9.80 Å². The number of β-lactam (4-membered cyclic amide) rings is 1. The number of hydrogen-bond donors (Lipinski definition) is 0. The Morgan fingerprint density at radius 3 is 2.80 bits per heavy atom. The normalized spacial score (nSPS) is 22.8. The summed E-state index contributed by atoms with van der Waals surface area (Å²) >= 11 is 0. The lowest BCUT2D eigenvalue weighted by molar-refractivity contribution is -0.148. The summed E-state index contributed by atoms with van der Waals surface area (Å²) in [4.78, 5) is 27.2. The van der Waals surface area contributed by atoms with Crippen LogP contribution in [0.25, 0.3) is 0 Å². The molecule has 0 aromatic carbocycles. The maximum absolute atomic E-state index is 12.1. The van der Waals surface area contributed by atoms with Crippen molar-refractivity contribution in [2.24, 2.45) is 0 Å². The zero-order chi connectivity index (χ0) is 13.9. The van der Waals surface area contributed by atoms with E-state index in [4.69, 9.17) is 9.15 Å². The van der Waals surface area contributed by atoms with Crippen LogP contribution in [0, 0.1) is 0 Å². The third kappa shape index (κ3) is 2.56. The highest BCUT2D eigenvalue weighted by Gasteiger charge is 2.38. The lowest BCUT2D eigenvalue weighted by Gasteiger charge is -2.39. The van der Waals surface area contributed by atoms with Crippen LogP contribution in [0.1, 0.15) is 24.6 Å². The Bertz CT molecular complexity index is 479. The highest BCUT2D eigenvalue weighted by atomic mass is 16.5. The van der Waals surface area contributed by atoms with Crippen molar-refractivity contribution in [3.8, 4) is 0 Å². The zero-order valence-electron chi connectivity index (χ0n) is 11.3. The van der Waals surface area contributed by atoms with Crippen LogP contribution in [0.3, 0.4) is 0 Å². The van der Waals surface area contributed by atoms with Gasteiger partial charge in [0, 0.05) is 26.1 Å². The van der Waals surface area contributed by atoms with E-state index >= 15 is 0 Å². The fourth-order valence-electron chi connectivity index (χ4n) is 2.66. The molecule has 1 aromatic rings. The Morgan fingerprint density at radius 2 is 2.15 bits per heavy atom. The quantitative estimate of drug-likeness (QED) is 0.764. The van der Waals surface area contributed by atoms with Gasteiger partial charge in [-0.1, -0.05) is 0 Å². The Kier molecular flexibility index (Phi) is 3.73. The van der Waals surface area contributed by atoms with Gasteiger partial charge in [-0.05, 0) is 12.1 Å². The molecular formula is C14H18N2O4. The van der Waals surface area contributed by atoms with Crippen LogP contribution in [0.4, 0.5) is 0 Å². The largest absolute Gasteiger partial charge is 0.467 e. The van der Waals surface area contributed by atoms with Gasteiger partial charge in [0.2, 0.25) is 11.8 Å². The van der Waals surface area contributed by atoms with E-state index in [0.29, 0.717) is 45.7 Å². The summed E-state index contributed by atoms with van der Waals surface area (Å²) < 4.78 is 10.6. The molecule has 108 valence electrons. The van der Waals surface area contributed by atoms with Crippen molar-refractivity contribution in [2.45, 2.75) is 18.9 Å². The fourth-order valence-corrected chi connectivity index (χ4v) is 2.66. The van der Waals surface area contributed by atoms with Gasteiger partial charge in [-0.15, -0.1) is 0 Å². The highest BCUT2D eigenvalue weighted by Crippen LogP contribution is 2.34. The number of carbonyl (C=O) groups is 2. The second kappa shape index (κ2) is 5.66. The molecule has 2 aliphatic heterocycles. The van der Waals surface area contributed by atoms with E-state index in [-0.39, 0.29) is 17.9 Å². The maximum atomic E-state index is 12.1. The van der Waals surface area contributed by atoms with Crippen LogP contribution < -0.4 is 0 Å². The van der Waals surface area contributed by atoms with E-state index in [1.807, 2.05) is 12.1 Å². The minimum atomic E-state index is -0.00464. The average Bonchev–Trinajstić information content (AvgIpc) is 2.99. The molecule has 2 aliphatic rings. The predicted molar refractivity (Wildman–Crippen MR) is 69.8 cm³/mol. The monoisotopic (exact) mass is 278 g/mol. The van der Waals surface area contributed by atoms with Crippen molar-refractivity contribution in [1.29, 1.82) is 0 Å². The molecule has 2 amide bonds. The SMILES string of the molecule is O=C(CCN1C(=O)C[C@H]1c1ccco1)N1CCOCC1. The summed E-state index contributed by atoms with van der Waals surface area (Å²) in [5.41, 5.74) is 0. The smallest absolute Gasteiger partial charge is 0.225 e. The number of furan rings is 1. The van der Waals surface area contributed by atoms with Gasteiger partial charge in [0.05, 0.1) is 31.9 Å². The third-order valence-electron chi connectivity index (χ3n) is 3.87. The van der Waals surface area contributed by atoms with Gasteiger partial charge in [-0.2, -0.15) is 0 Å². The third-order valence-corrected chi connectivity index (χ3v) is 3.87. The van der Waals surface area contributed by atoms with Gasteiger partial charge < -0.3 is 19.0 Å². The first-order valence-electron chi connectivity index (χ1n) is 6.94. The Morgan fingerprint density at radius 1 is 1.35 bits per heavy atom. The summed E-state index contributed by atoms with van der Waals surface area (Å²) in [6.45, 7) is 2.95. The number of ether oxygens (including phenoxy) is 1. The summed E-state index contributed by atoms with van der Waals surface area (Å²) in [5, 5.41) is 0. The molecule has 6 nitrogen and oxygen atoms in total. The fraction of sp³-hybridized carbons (Fsp3) is 0.571. The zero-order valence-corrected chi connectivity index (χ0v) is 11.3. The molecular weight excluding hydrogens is 260 g/mol. The van der Waals surface area contributed by atoms with Gasteiger partial charge >= 0.3 is 0 Å². The van der Waals surface area contributed by atoms with Gasteiger partial charge in [0.15, 0.2) is 0 Å². The number of likely N-dealkylation sites (tertiary alicyclic amines) is 1. The van der Waals surface area contributed by atoms with Crippen molar-refractivity contribution >= 4 is 11.8 Å². The van der Waals surface area contributed by atoms with Crippen LogP contribution in [0.15, 0.2) is 22.8 Å². The molecule has 0 N–H and O–H groups in total. The molecule has 0 unspecified atom stereocenters. The second-order valence-corrected chi connectivity index (χ2v) is 5.07. The van der Waals surface area contributed by atoms with E-state index in [1.54, 1.807) is 16.1 Å². The molecule has 1 aromatic heterocycles. The highest BCUT2D eigenvalue weighted by molar-refractivity contribution is 5.84. The number of hydrogen-bond acceptors (Lipinski definition) is 4. The molecule has 0 spiro atoms. The van der Waals surface area contributed by atoms with Crippen LogP contribution in [-0.4, -0.2) is 54.5 Å². The number of amides is 2. The molecule has 0 saturated carbocycles. The molecule has 0 aliphatic carbocycles. The molecule has 2 saturated heterocycles. The van der Waals surface area contributed by atoms with Gasteiger partial charge in [0.1, 0.15) is 5.76 Å². The predicted octanol–water partition coefficient (Wildman–Crippen LogP) is 0.802. The van der Waals surface area contributed by atoms with Crippen LogP contribution in [0.5, 0.6) is 0 Å². The van der Waals surface area contributed by atoms with Gasteiger partial charge in [-0.3, -0.25) is 9.59 Å². The van der Waals surface area contributed by atoms with E-state index in [1.165, 1.54) is 0 Å². The summed E-state index contributed by atoms with van der Waals surface area (Å²) in [6, 6.07) is 3.68. The van der Waals surface area contributed by atoms with E-state index in [9.17, 15) is 9.59 Å². The standard InChI is InChI=1S/C14H18N2O4/c17-13(15-5-8-19-9-6-15)3-4-16-11(10-14(16)18)12-2-1-7-20-12/h1-2,7,11H,3-6,8-10H2/t11-/m0/s1. The summed E-state index contributed by atoms with van der Waals surface area (Å²) in [7, 11) is 0. The summed E-state index contributed by atoms with van der Waals surface area (Å²) in [6.07, 6.45) is 2.44. The first kappa shape index (κ1) is 13.2. The molecule has 20 heavy (non-hydrogen) atoms. The lowest BCUT2D eigenvalue weighted by atomic mass is 9.99. The average molecular weight is 278 g/mol. The Balaban J connectivity index is 1.52. The van der Waals surface area contributed by atoms with Crippen molar-refractivity contribution < 1.29 is 18.7 Å². The first-order chi connectivity index (χ1) is 9.75. The number of morpholine rings is 1. The summed E-state index contributed by atoms with van der Waals surface area (Å²) in [5.74, 6) is 0.968. The lowest BCUT2D eigenvalue weighted by Crippen LogP contribution is -2.48. The first-order valence-corrected chi connectivity index (χ1v) is 6.94. The molecule has 1 atom stereocenters. The number of carbonyl (C=O) groups excluding carboxylic acids is 2. The molecule has 3 heterocycles. The second-order valence-electron chi connectivity index (χ2n) is 5.07. The maximum Gasteiger partial charge on any atom is 0.225 e. The minimum Gasteiger partial charge on any atom is -0.467 e. The van der Waals surface area contributed by atoms with E-state index < -0.39 is 0 Å². The van der Waals surface area contributed by atoms with Crippen LogP contribution in [-0.2, 0) is 14.3 Å². The number of nitrogens with zero attached hydrogens (tertiary/aromatic N) is 2. The van der Waals surface area contributed by atoms with Gasteiger partial charge in [-0.25, -0.2) is 0 Å². The Labute approximate surface area is 117 Å². The molecule has 3 rings (SSSR count). The minimum absolute atomic E-state index is 0.00464. The molecule has 0 radical (unpaired) electrons. The van der Waals surface area contributed by atoms with Crippen LogP contribution >= 0.6 is 0 Å². The molecule has 0 bridgehead atoms. The van der Waals surface area contributed by atoms with E-state index in [0.717, 1.165) is 5.76 Å². The van der Waals surface area contributed by atoms with Crippen molar-refractivity contribution in [3.05, 3.63) is 24.2 Å². The van der Waals surface area contributed by atoms with Crippen molar-refractivity contribution in [2.75, 3.05) is 32.8 Å².